The fourth-order valence-electron chi connectivity index (χ4n) is 1.78. The summed E-state index contributed by atoms with van der Waals surface area (Å²) < 4.78 is 32.0. The van der Waals surface area contributed by atoms with Crippen LogP contribution in [0.25, 0.3) is 0 Å². The van der Waals surface area contributed by atoms with Gasteiger partial charge in [-0.25, -0.2) is 18.1 Å². The number of benzene rings is 1. The van der Waals surface area contributed by atoms with E-state index >= 15 is 0 Å². The Hall–Kier alpha value is -1.70. The number of hydrogen-bond acceptors (Lipinski definition) is 5. The van der Waals surface area contributed by atoms with Gasteiger partial charge >= 0.3 is 0 Å². The van der Waals surface area contributed by atoms with Gasteiger partial charge in [0.15, 0.2) is 0 Å². The average Bonchev–Trinajstić information content (AvgIpc) is 2.89. The zero-order chi connectivity index (χ0) is 15.3. The lowest BCUT2D eigenvalue weighted by Gasteiger charge is -2.06. The van der Waals surface area contributed by atoms with E-state index in [0.29, 0.717) is 11.7 Å². The molecule has 1 aromatic heterocycles. The van der Waals surface area contributed by atoms with E-state index in [0.717, 1.165) is 18.7 Å². The topological polar surface area (TPSA) is 84.2 Å². The fraction of sp³-hybridized carbons (Fsp3) is 0.357. The highest BCUT2D eigenvalue weighted by atomic mass is 32.2. The van der Waals surface area contributed by atoms with Crippen molar-refractivity contribution in [1.29, 1.82) is 0 Å². The molecule has 0 saturated heterocycles. The molecule has 0 aliphatic carbocycles. The van der Waals surface area contributed by atoms with Crippen molar-refractivity contribution in [1.82, 2.24) is 15.0 Å². The summed E-state index contributed by atoms with van der Waals surface area (Å²) in [5.74, 6) is 0.997. The first kappa shape index (κ1) is 15.7. The van der Waals surface area contributed by atoms with Crippen LogP contribution >= 0.6 is 0 Å². The highest BCUT2D eigenvalue weighted by molar-refractivity contribution is 7.89. The van der Waals surface area contributed by atoms with Gasteiger partial charge in [-0.15, -0.1) is 0 Å². The smallest absolute Gasteiger partial charge is 0.241 e. The van der Waals surface area contributed by atoms with Crippen molar-refractivity contribution in [3.8, 4) is 0 Å². The molecule has 0 unspecified atom stereocenters. The van der Waals surface area contributed by atoms with Crippen molar-refractivity contribution in [2.45, 2.75) is 31.8 Å². The molecule has 0 aliphatic rings. The van der Waals surface area contributed by atoms with Gasteiger partial charge in [-0.2, -0.15) is 0 Å². The lowest BCUT2D eigenvalue weighted by atomic mass is 10.2. The number of sulfonamides is 1. The molecule has 2 rings (SSSR count). The fourth-order valence-corrected chi connectivity index (χ4v) is 2.75. The molecule has 2 aromatic rings. The molecule has 0 amide bonds. The van der Waals surface area contributed by atoms with Gasteiger partial charge in [0.25, 0.3) is 0 Å². The molecule has 0 bridgehead atoms. The second-order valence-corrected chi connectivity index (χ2v) is 6.38. The standard InChI is InChI=1S/C14H19N3O3S/c1-3-15-9-12-4-6-13(7-5-12)21(18,19)17-10-14-16-8-11(2)20-14/h4-8,15,17H,3,9-10H2,1-2H3. The minimum atomic E-state index is -3.56. The molecule has 114 valence electrons. The average molecular weight is 309 g/mol. The Morgan fingerprint density at radius 3 is 2.48 bits per heavy atom. The predicted octanol–water partition coefficient (Wildman–Crippen LogP) is 1.57. The first-order chi connectivity index (χ1) is 10.0. The summed E-state index contributed by atoms with van der Waals surface area (Å²) >= 11 is 0. The lowest BCUT2D eigenvalue weighted by molar-refractivity contribution is 0.463. The first-order valence-corrected chi connectivity index (χ1v) is 8.20. The molecule has 1 heterocycles. The van der Waals surface area contributed by atoms with Crippen LogP contribution in [0, 0.1) is 6.92 Å². The van der Waals surface area contributed by atoms with Crippen LogP contribution in [0.2, 0.25) is 0 Å². The molecule has 0 saturated carbocycles. The van der Waals surface area contributed by atoms with Crippen LogP contribution in [0.1, 0.15) is 24.1 Å². The monoisotopic (exact) mass is 309 g/mol. The Morgan fingerprint density at radius 2 is 1.90 bits per heavy atom. The maximum Gasteiger partial charge on any atom is 0.241 e. The molecule has 0 spiro atoms. The largest absolute Gasteiger partial charge is 0.445 e. The van der Waals surface area contributed by atoms with Crippen molar-refractivity contribution in [2.24, 2.45) is 0 Å². The van der Waals surface area contributed by atoms with Gasteiger partial charge < -0.3 is 9.73 Å². The second kappa shape index (κ2) is 6.84. The van der Waals surface area contributed by atoms with Crippen LogP contribution in [-0.2, 0) is 23.1 Å². The summed E-state index contributed by atoms with van der Waals surface area (Å²) in [4.78, 5) is 4.19. The van der Waals surface area contributed by atoms with Crippen LogP contribution in [0.5, 0.6) is 0 Å². The third-order valence-corrected chi connectivity index (χ3v) is 4.31. The van der Waals surface area contributed by atoms with Crippen LogP contribution in [-0.4, -0.2) is 19.9 Å². The summed E-state index contributed by atoms with van der Waals surface area (Å²) in [7, 11) is -3.56. The van der Waals surface area contributed by atoms with Gasteiger partial charge in [0, 0.05) is 6.54 Å². The minimum absolute atomic E-state index is 0.0370. The van der Waals surface area contributed by atoms with E-state index in [2.05, 4.69) is 15.0 Å². The van der Waals surface area contributed by atoms with Crippen molar-refractivity contribution in [3.63, 3.8) is 0 Å². The van der Waals surface area contributed by atoms with E-state index < -0.39 is 10.0 Å². The lowest BCUT2D eigenvalue weighted by Crippen LogP contribution is -2.23. The quantitative estimate of drug-likeness (QED) is 0.811. The van der Waals surface area contributed by atoms with Crippen molar-refractivity contribution in [3.05, 3.63) is 47.7 Å². The number of aryl methyl sites for hydroxylation is 1. The maximum absolute atomic E-state index is 12.1. The van der Waals surface area contributed by atoms with E-state index in [4.69, 9.17) is 4.42 Å². The van der Waals surface area contributed by atoms with Gasteiger partial charge in [0.1, 0.15) is 5.76 Å². The van der Waals surface area contributed by atoms with Crippen LogP contribution < -0.4 is 10.0 Å². The third kappa shape index (κ3) is 4.38. The molecule has 6 nitrogen and oxygen atoms in total. The normalized spacial score (nSPS) is 11.7. The molecule has 2 N–H and O–H groups in total. The Labute approximate surface area is 124 Å². The van der Waals surface area contributed by atoms with Crippen molar-refractivity contribution in [2.75, 3.05) is 6.54 Å². The van der Waals surface area contributed by atoms with Crippen LogP contribution in [0.4, 0.5) is 0 Å². The molecule has 0 radical (unpaired) electrons. The Balaban J connectivity index is 2.01. The highest BCUT2D eigenvalue weighted by Crippen LogP contribution is 2.11. The number of hydrogen-bond donors (Lipinski definition) is 2. The van der Waals surface area contributed by atoms with Crippen molar-refractivity contribution < 1.29 is 12.8 Å². The van der Waals surface area contributed by atoms with E-state index in [1.165, 1.54) is 0 Å². The van der Waals surface area contributed by atoms with Crippen LogP contribution in [0.15, 0.2) is 39.8 Å². The van der Waals surface area contributed by atoms with Crippen molar-refractivity contribution >= 4 is 10.0 Å². The van der Waals surface area contributed by atoms with Crippen LogP contribution in [0.3, 0.4) is 0 Å². The molecule has 0 atom stereocenters. The zero-order valence-electron chi connectivity index (χ0n) is 12.1. The molecular formula is C14H19N3O3S. The minimum Gasteiger partial charge on any atom is -0.445 e. The van der Waals surface area contributed by atoms with E-state index in [1.807, 2.05) is 6.92 Å². The summed E-state index contributed by atoms with van der Waals surface area (Å²) in [5.41, 5.74) is 1.04. The Bertz CT molecular complexity index is 678. The van der Waals surface area contributed by atoms with E-state index in [9.17, 15) is 8.42 Å². The summed E-state index contributed by atoms with van der Waals surface area (Å²) in [6, 6.07) is 6.78. The van der Waals surface area contributed by atoms with Gasteiger partial charge in [-0.3, -0.25) is 0 Å². The second-order valence-electron chi connectivity index (χ2n) is 4.61. The predicted molar refractivity (Wildman–Crippen MR) is 79.1 cm³/mol. The summed E-state index contributed by atoms with van der Waals surface area (Å²) in [6.45, 7) is 5.41. The zero-order valence-corrected chi connectivity index (χ0v) is 12.9. The Kier molecular flexibility index (Phi) is 5.11. The number of aromatic nitrogens is 1. The number of rotatable bonds is 7. The molecule has 0 aliphatic heterocycles. The third-order valence-electron chi connectivity index (χ3n) is 2.90. The SMILES string of the molecule is CCNCc1ccc(S(=O)(=O)NCc2ncc(C)o2)cc1. The summed E-state index contributed by atoms with van der Waals surface area (Å²) in [6.07, 6.45) is 1.55. The molecule has 7 heteroatoms. The molecule has 0 fully saturated rings. The first-order valence-electron chi connectivity index (χ1n) is 6.72. The Morgan fingerprint density at radius 1 is 1.19 bits per heavy atom. The van der Waals surface area contributed by atoms with Gasteiger partial charge in [-0.05, 0) is 31.2 Å². The van der Waals surface area contributed by atoms with E-state index in [1.54, 1.807) is 37.4 Å². The number of nitrogens with zero attached hydrogens (tertiary/aromatic N) is 1. The molecule has 21 heavy (non-hydrogen) atoms. The molecular weight excluding hydrogens is 290 g/mol. The summed E-state index contributed by atoms with van der Waals surface area (Å²) in [5, 5.41) is 3.19. The number of oxazole rings is 1. The number of nitrogens with one attached hydrogen (secondary N) is 2. The van der Waals surface area contributed by atoms with Gasteiger partial charge in [-0.1, -0.05) is 19.1 Å². The van der Waals surface area contributed by atoms with Gasteiger partial charge in [0.05, 0.1) is 17.6 Å². The van der Waals surface area contributed by atoms with Gasteiger partial charge in [0.2, 0.25) is 15.9 Å². The molecule has 1 aromatic carbocycles. The highest BCUT2D eigenvalue weighted by Gasteiger charge is 2.14. The van der Waals surface area contributed by atoms with E-state index in [-0.39, 0.29) is 11.4 Å². The maximum atomic E-state index is 12.1.